The minimum atomic E-state index is -2.17. The zero-order valence-corrected chi connectivity index (χ0v) is 4.91. The number of hydrogen-bond acceptors (Lipinski definition) is 2. The van der Waals surface area contributed by atoms with Gasteiger partial charge < -0.3 is 11.0 Å². The van der Waals surface area contributed by atoms with Gasteiger partial charge in [-0.25, -0.2) is 0 Å². The minimum absolute atomic E-state index is 0. The molecule has 0 amide bonds. The van der Waals surface area contributed by atoms with E-state index in [4.69, 9.17) is 6.94 Å². The molecule has 4 N–H and O–H groups in total. The first-order valence-corrected chi connectivity index (χ1v) is 2.53. The third-order valence-corrected chi connectivity index (χ3v) is 0. The fourth-order valence-electron chi connectivity index (χ4n) is 0. The Morgan fingerprint density at radius 2 is 1.00 bits per heavy atom. The summed E-state index contributed by atoms with van der Waals surface area (Å²) < 4.78 is 17.1. The van der Waals surface area contributed by atoms with Gasteiger partial charge in [-0.3, -0.25) is 0 Å². The van der Waals surface area contributed by atoms with Crippen LogP contribution in [0, 0.1) is 0 Å². The molecule has 0 aliphatic carbocycles. The molecular formula is H4O4Re. The normalized spacial score (nSPS) is 2.40. The third-order valence-electron chi connectivity index (χ3n) is 0. The van der Waals surface area contributed by atoms with Crippen molar-refractivity contribution >= 4 is 0 Å². The van der Waals surface area contributed by atoms with E-state index >= 15 is 0 Å². The van der Waals surface area contributed by atoms with E-state index in [1.54, 1.807) is 0 Å². The van der Waals surface area contributed by atoms with Gasteiger partial charge in [0, 0.05) is 0 Å². The van der Waals surface area contributed by atoms with Gasteiger partial charge in [0.2, 0.25) is 0 Å². The van der Waals surface area contributed by atoms with E-state index in [0.717, 1.165) is 0 Å². The summed E-state index contributed by atoms with van der Waals surface area (Å²) in [6, 6.07) is 0. The SMILES string of the molecule is O.O.[O]=[Re]=[O]. The predicted octanol–water partition coefficient (Wildman–Crippen LogP) is -1.89. The standard InChI is InChI=1S/2H2O.2O.Re/h2*1H2;;;. The van der Waals surface area contributed by atoms with Crippen molar-refractivity contribution < 1.29 is 35.8 Å². The van der Waals surface area contributed by atoms with E-state index in [-0.39, 0.29) is 11.0 Å². The molecule has 0 fully saturated rings. The van der Waals surface area contributed by atoms with Crippen LogP contribution in [0.4, 0.5) is 0 Å². The first-order valence-electron chi connectivity index (χ1n) is 0.309. The summed E-state index contributed by atoms with van der Waals surface area (Å²) in [7, 11) is 0. The van der Waals surface area contributed by atoms with Gasteiger partial charge >= 0.3 is 24.8 Å². The third kappa shape index (κ3) is 599. The van der Waals surface area contributed by atoms with Gasteiger partial charge in [0.25, 0.3) is 0 Å². The maximum absolute atomic E-state index is 8.53. The van der Waals surface area contributed by atoms with Crippen LogP contribution in [0.3, 0.4) is 0 Å². The van der Waals surface area contributed by atoms with Crippen LogP contribution in [-0.2, 0) is 24.8 Å². The van der Waals surface area contributed by atoms with Crippen LogP contribution >= 0.6 is 0 Å². The molecule has 0 bridgehead atoms. The van der Waals surface area contributed by atoms with Gasteiger partial charge in [-0.1, -0.05) is 0 Å². The second-order valence-corrected chi connectivity index (χ2v) is 0.516. The summed E-state index contributed by atoms with van der Waals surface area (Å²) in [4.78, 5) is 0. The summed E-state index contributed by atoms with van der Waals surface area (Å²) in [6.45, 7) is 0. The second-order valence-electron chi connectivity index (χ2n) is 0.0630. The van der Waals surface area contributed by atoms with E-state index < -0.39 is 17.9 Å². The molecule has 0 unspecified atom stereocenters. The van der Waals surface area contributed by atoms with Gasteiger partial charge in [-0.2, -0.15) is 0 Å². The molecule has 0 aromatic rings. The summed E-state index contributed by atoms with van der Waals surface area (Å²) >= 11 is -2.17. The van der Waals surface area contributed by atoms with Crippen LogP contribution in [0.15, 0.2) is 0 Å². The first-order chi connectivity index (χ1) is 1.41. The molecule has 0 heterocycles. The Kier molecular flexibility index (Phi) is 115. The summed E-state index contributed by atoms with van der Waals surface area (Å²) in [5.74, 6) is 0. The molecule has 0 atom stereocenters. The molecule has 0 saturated heterocycles. The fraction of sp³-hybridized carbons (Fsp3) is 0. The summed E-state index contributed by atoms with van der Waals surface area (Å²) in [5, 5.41) is 0. The molecule has 0 aliphatic heterocycles. The topological polar surface area (TPSA) is 97.1 Å². The van der Waals surface area contributed by atoms with Crippen LogP contribution in [0.5, 0.6) is 0 Å². The molecule has 5 heavy (non-hydrogen) atoms. The average molecular weight is 254 g/mol. The Bertz CT molecular complexity index is 24.6. The Morgan fingerprint density at radius 3 is 1.00 bits per heavy atom. The zero-order valence-electron chi connectivity index (χ0n) is 2.19. The number of rotatable bonds is 0. The van der Waals surface area contributed by atoms with Gasteiger partial charge in [0.05, 0.1) is 0 Å². The van der Waals surface area contributed by atoms with E-state index in [9.17, 15) is 0 Å². The van der Waals surface area contributed by atoms with E-state index in [1.165, 1.54) is 0 Å². The molecule has 5 heteroatoms. The van der Waals surface area contributed by atoms with Crippen molar-refractivity contribution in [2.75, 3.05) is 0 Å². The second kappa shape index (κ2) is 30.3. The molecule has 0 radical (unpaired) electrons. The maximum atomic E-state index is 8.53. The average Bonchev–Trinajstić information content (AvgIpc) is 0.918. The van der Waals surface area contributed by atoms with Crippen LogP contribution in [0.2, 0.25) is 0 Å². The van der Waals surface area contributed by atoms with E-state index in [0.29, 0.717) is 0 Å². The van der Waals surface area contributed by atoms with Crippen molar-refractivity contribution in [3.05, 3.63) is 0 Å². The first kappa shape index (κ1) is 19.0. The van der Waals surface area contributed by atoms with Crippen molar-refractivity contribution in [1.82, 2.24) is 0 Å². The van der Waals surface area contributed by atoms with Crippen LogP contribution in [0.1, 0.15) is 0 Å². The molecule has 0 rings (SSSR count). The Hall–Kier alpha value is 0.182. The molecule has 0 aromatic carbocycles. The summed E-state index contributed by atoms with van der Waals surface area (Å²) in [6.07, 6.45) is 0. The molecule has 4 nitrogen and oxygen atoms in total. The molecule has 0 saturated carbocycles. The van der Waals surface area contributed by atoms with E-state index in [2.05, 4.69) is 0 Å². The van der Waals surface area contributed by atoms with Gasteiger partial charge in [-0.05, 0) is 0 Å². The fourth-order valence-corrected chi connectivity index (χ4v) is 0. The molecule has 0 aromatic heterocycles. The van der Waals surface area contributed by atoms with Crippen molar-refractivity contribution in [1.29, 1.82) is 0 Å². The predicted molar refractivity (Wildman–Crippen MR) is 8.60 cm³/mol. The quantitative estimate of drug-likeness (QED) is 0.505. The van der Waals surface area contributed by atoms with Crippen LogP contribution < -0.4 is 0 Å². The van der Waals surface area contributed by atoms with Crippen LogP contribution in [0.25, 0.3) is 0 Å². The van der Waals surface area contributed by atoms with Gasteiger partial charge in [0.15, 0.2) is 0 Å². The van der Waals surface area contributed by atoms with Crippen LogP contribution in [-0.4, -0.2) is 11.0 Å². The summed E-state index contributed by atoms with van der Waals surface area (Å²) in [5.41, 5.74) is 0. The molecule has 0 spiro atoms. The Morgan fingerprint density at radius 1 is 1.00 bits per heavy atom. The van der Waals surface area contributed by atoms with Crippen molar-refractivity contribution in [2.45, 2.75) is 0 Å². The molecular weight excluding hydrogens is 250 g/mol. The molecule has 0 aliphatic rings. The Labute approximate surface area is 36.5 Å². The van der Waals surface area contributed by atoms with Crippen molar-refractivity contribution in [2.24, 2.45) is 0 Å². The molecule has 35 valence electrons. The monoisotopic (exact) mass is 255 g/mol. The zero-order chi connectivity index (χ0) is 2.71. The van der Waals surface area contributed by atoms with Gasteiger partial charge in [0.1, 0.15) is 0 Å². The number of hydrogen-bond donors (Lipinski definition) is 0. The van der Waals surface area contributed by atoms with Gasteiger partial charge in [-0.15, -0.1) is 0 Å². The van der Waals surface area contributed by atoms with E-state index in [1.807, 2.05) is 0 Å². The Balaban J connectivity index is -0.0000000200. The van der Waals surface area contributed by atoms with Crippen molar-refractivity contribution in [3.63, 3.8) is 0 Å². The van der Waals surface area contributed by atoms with Crippen molar-refractivity contribution in [3.8, 4) is 0 Å².